The van der Waals surface area contributed by atoms with Crippen LogP contribution in [0.15, 0.2) is 24.3 Å². The van der Waals surface area contributed by atoms with Crippen molar-refractivity contribution < 1.29 is 14.3 Å². The molecule has 0 saturated carbocycles. The molecule has 6 heteroatoms. The lowest BCUT2D eigenvalue weighted by molar-refractivity contribution is 0.0528. The lowest BCUT2D eigenvalue weighted by atomic mass is 10.1. The predicted octanol–water partition coefficient (Wildman–Crippen LogP) is 3.68. The normalized spacial score (nSPS) is 10.8. The number of carbonyl (C=O) groups excluding carboxylic acids is 2. The van der Waals surface area contributed by atoms with Gasteiger partial charge in [-0.05, 0) is 51.3 Å². The Balaban J connectivity index is 2.23. The Morgan fingerprint density at radius 1 is 1.04 bits per heavy atom. The fraction of sp³-hybridized carbons (Fsp3) is 0.556. The van der Waals surface area contributed by atoms with Crippen LogP contribution in [0.2, 0.25) is 0 Å². The minimum absolute atomic E-state index is 0.303. The molecule has 24 heavy (non-hydrogen) atoms. The van der Waals surface area contributed by atoms with Crippen molar-refractivity contribution in [2.24, 2.45) is 0 Å². The largest absolute Gasteiger partial charge is 0.444 e. The van der Waals surface area contributed by atoms with Crippen molar-refractivity contribution >= 4 is 17.8 Å². The first-order chi connectivity index (χ1) is 11.3. The van der Waals surface area contributed by atoms with Gasteiger partial charge in [-0.15, -0.1) is 0 Å². The molecule has 1 aromatic carbocycles. The molecule has 0 spiro atoms. The van der Waals surface area contributed by atoms with Crippen molar-refractivity contribution in [2.45, 2.75) is 52.6 Å². The van der Waals surface area contributed by atoms with E-state index in [-0.39, 0.29) is 6.03 Å². The minimum atomic E-state index is -0.530. The summed E-state index contributed by atoms with van der Waals surface area (Å²) in [6.07, 6.45) is 2.89. The number of aryl methyl sites for hydroxylation is 1. The average molecular weight is 335 g/mol. The van der Waals surface area contributed by atoms with Gasteiger partial charge in [0.1, 0.15) is 5.60 Å². The molecule has 0 aliphatic rings. The Hall–Kier alpha value is -2.24. The lowest BCUT2D eigenvalue weighted by Crippen LogP contribution is -2.39. The Morgan fingerprint density at radius 3 is 2.25 bits per heavy atom. The second-order valence-electron chi connectivity index (χ2n) is 6.61. The SMILES string of the molecule is CCCCc1ccc(NC(=O)NCCNC(=O)OC(C)(C)C)cc1. The Bertz CT molecular complexity index is 521. The van der Waals surface area contributed by atoms with Crippen molar-refractivity contribution in [3.63, 3.8) is 0 Å². The molecule has 0 aliphatic carbocycles. The van der Waals surface area contributed by atoms with Crippen molar-refractivity contribution in [1.29, 1.82) is 0 Å². The predicted molar refractivity (Wildman–Crippen MR) is 96.3 cm³/mol. The standard InChI is InChI=1S/C18H29N3O3/c1-5-6-7-14-8-10-15(11-9-14)21-16(22)19-12-13-20-17(23)24-18(2,3)4/h8-11H,5-7,12-13H2,1-4H3,(H,20,23)(H2,19,21,22). The number of amides is 3. The zero-order valence-electron chi connectivity index (χ0n) is 15.1. The van der Waals surface area contributed by atoms with Crippen molar-refractivity contribution in [3.8, 4) is 0 Å². The van der Waals surface area contributed by atoms with E-state index in [1.165, 1.54) is 12.0 Å². The summed E-state index contributed by atoms with van der Waals surface area (Å²) in [4.78, 5) is 23.2. The first kappa shape index (κ1) is 19.8. The number of ether oxygens (including phenoxy) is 1. The smallest absolute Gasteiger partial charge is 0.407 e. The monoisotopic (exact) mass is 335 g/mol. The number of benzene rings is 1. The van der Waals surface area contributed by atoms with Gasteiger partial charge in [0.15, 0.2) is 0 Å². The quantitative estimate of drug-likeness (QED) is 0.665. The van der Waals surface area contributed by atoms with Crippen molar-refractivity contribution in [3.05, 3.63) is 29.8 Å². The summed E-state index contributed by atoms with van der Waals surface area (Å²) in [7, 11) is 0. The van der Waals surface area contributed by atoms with Crippen LogP contribution >= 0.6 is 0 Å². The van der Waals surface area contributed by atoms with Crippen LogP contribution in [-0.4, -0.2) is 30.8 Å². The van der Waals surface area contributed by atoms with Crippen LogP contribution in [0.4, 0.5) is 15.3 Å². The second-order valence-corrected chi connectivity index (χ2v) is 6.61. The highest BCUT2D eigenvalue weighted by molar-refractivity contribution is 5.89. The van der Waals surface area contributed by atoms with E-state index in [1.807, 2.05) is 24.3 Å². The number of urea groups is 1. The first-order valence-electron chi connectivity index (χ1n) is 8.41. The minimum Gasteiger partial charge on any atom is -0.444 e. The van der Waals surface area contributed by atoms with E-state index in [4.69, 9.17) is 4.74 Å². The summed E-state index contributed by atoms with van der Waals surface area (Å²) in [5.74, 6) is 0. The molecule has 1 aromatic rings. The Morgan fingerprint density at radius 2 is 1.67 bits per heavy atom. The maximum absolute atomic E-state index is 11.8. The van der Waals surface area contributed by atoms with Crippen LogP contribution in [-0.2, 0) is 11.2 Å². The van der Waals surface area contributed by atoms with Crippen LogP contribution in [0.25, 0.3) is 0 Å². The van der Waals surface area contributed by atoms with E-state index >= 15 is 0 Å². The summed E-state index contributed by atoms with van der Waals surface area (Å²) < 4.78 is 5.10. The molecule has 3 amide bonds. The highest BCUT2D eigenvalue weighted by atomic mass is 16.6. The molecule has 0 atom stereocenters. The van der Waals surface area contributed by atoms with E-state index in [0.717, 1.165) is 18.5 Å². The van der Waals surface area contributed by atoms with E-state index in [2.05, 4.69) is 22.9 Å². The second kappa shape index (κ2) is 9.80. The zero-order chi connectivity index (χ0) is 18.0. The molecule has 6 nitrogen and oxygen atoms in total. The molecule has 1 rings (SSSR count). The maximum Gasteiger partial charge on any atom is 0.407 e. The number of anilines is 1. The molecule has 134 valence electrons. The molecular weight excluding hydrogens is 306 g/mol. The van der Waals surface area contributed by atoms with Gasteiger partial charge in [-0.1, -0.05) is 25.5 Å². The number of unbranched alkanes of at least 4 members (excludes halogenated alkanes) is 1. The molecule has 0 aromatic heterocycles. The molecule has 0 aliphatic heterocycles. The summed E-state index contributed by atoms with van der Waals surface area (Å²) in [5.41, 5.74) is 1.48. The highest BCUT2D eigenvalue weighted by Gasteiger charge is 2.15. The van der Waals surface area contributed by atoms with Crippen LogP contribution < -0.4 is 16.0 Å². The van der Waals surface area contributed by atoms with Gasteiger partial charge >= 0.3 is 12.1 Å². The van der Waals surface area contributed by atoms with Crippen LogP contribution in [0, 0.1) is 0 Å². The third kappa shape index (κ3) is 9.02. The number of hydrogen-bond acceptors (Lipinski definition) is 3. The van der Waals surface area contributed by atoms with Gasteiger partial charge in [0.05, 0.1) is 0 Å². The van der Waals surface area contributed by atoms with Gasteiger partial charge in [-0.25, -0.2) is 9.59 Å². The molecule has 0 radical (unpaired) electrons. The fourth-order valence-corrected chi connectivity index (χ4v) is 1.97. The van der Waals surface area contributed by atoms with Crippen molar-refractivity contribution in [1.82, 2.24) is 10.6 Å². The van der Waals surface area contributed by atoms with Gasteiger partial charge in [0.2, 0.25) is 0 Å². The number of carbonyl (C=O) groups is 2. The molecular formula is C18H29N3O3. The van der Waals surface area contributed by atoms with Crippen LogP contribution in [0.5, 0.6) is 0 Å². The summed E-state index contributed by atoms with van der Waals surface area (Å²) in [6.45, 7) is 8.18. The summed E-state index contributed by atoms with van der Waals surface area (Å²) in [5, 5.41) is 8.02. The third-order valence-corrected chi connectivity index (χ3v) is 3.11. The number of rotatable bonds is 7. The number of hydrogen-bond donors (Lipinski definition) is 3. The van der Waals surface area contributed by atoms with E-state index in [0.29, 0.717) is 13.1 Å². The Kier molecular flexibility index (Phi) is 8.09. The molecule has 3 N–H and O–H groups in total. The molecule has 0 fully saturated rings. The lowest BCUT2D eigenvalue weighted by Gasteiger charge is -2.19. The summed E-state index contributed by atoms with van der Waals surface area (Å²) >= 11 is 0. The van der Waals surface area contributed by atoms with Crippen molar-refractivity contribution in [2.75, 3.05) is 18.4 Å². The zero-order valence-corrected chi connectivity index (χ0v) is 15.1. The average Bonchev–Trinajstić information content (AvgIpc) is 2.49. The third-order valence-electron chi connectivity index (χ3n) is 3.11. The van der Waals surface area contributed by atoms with Gasteiger partial charge < -0.3 is 20.7 Å². The van der Waals surface area contributed by atoms with Crippen LogP contribution in [0.3, 0.4) is 0 Å². The van der Waals surface area contributed by atoms with Gasteiger partial charge in [0.25, 0.3) is 0 Å². The summed E-state index contributed by atoms with van der Waals surface area (Å²) in [6, 6.07) is 7.53. The van der Waals surface area contributed by atoms with E-state index < -0.39 is 11.7 Å². The van der Waals surface area contributed by atoms with Crippen LogP contribution in [0.1, 0.15) is 46.1 Å². The number of nitrogens with one attached hydrogen (secondary N) is 3. The fourth-order valence-electron chi connectivity index (χ4n) is 1.97. The Labute approximate surface area is 144 Å². The van der Waals surface area contributed by atoms with Gasteiger partial charge in [-0.2, -0.15) is 0 Å². The number of alkyl carbamates (subject to hydrolysis) is 1. The van der Waals surface area contributed by atoms with E-state index in [9.17, 15) is 9.59 Å². The molecule has 0 saturated heterocycles. The van der Waals surface area contributed by atoms with E-state index in [1.54, 1.807) is 20.8 Å². The van der Waals surface area contributed by atoms with Gasteiger partial charge in [0, 0.05) is 18.8 Å². The maximum atomic E-state index is 11.8. The molecule has 0 bridgehead atoms. The first-order valence-corrected chi connectivity index (χ1v) is 8.41. The van der Waals surface area contributed by atoms with Gasteiger partial charge in [-0.3, -0.25) is 0 Å². The molecule has 0 heterocycles. The highest BCUT2D eigenvalue weighted by Crippen LogP contribution is 2.11. The topological polar surface area (TPSA) is 79.5 Å². The molecule has 0 unspecified atom stereocenters.